The molecule has 1 unspecified atom stereocenters. The van der Waals surface area contributed by atoms with Gasteiger partial charge in [-0.15, -0.1) is 5.10 Å². The summed E-state index contributed by atoms with van der Waals surface area (Å²) in [6.07, 6.45) is 3.54. The molecule has 1 amide bonds. The van der Waals surface area contributed by atoms with Gasteiger partial charge in [0.2, 0.25) is 0 Å². The standard InChI is InChI=1S/C22H30N4OS/c1-16(2)19-7-5-18(6-8-19)13-25-11-4-9-22(14-25)10-12-26(15-22)21(27)20-17(3)23-24-28-20/h5-8,16H,4,9-15H2,1-3H3. The highest BCUT2D eigenvalue weighted by Crippen LogP contribution is 2.40. The molecule has 2 aliphatic heterocycles. The van der Waals surface area contributed by atoms with Gasteiger partial charge >= 0.3 is 0 Å². The Labute approximate surface area is 171 Å². The second-order valence-corrected chi connectivity index (χ2v) is 9.63. The molecule has 0 aliphatic carbocycles. The zero-order valence-electron chi connectivity index (χ0n) is 17.1. The van der Waals surface area contributed by atoms with Crippen LogP contribution < -0.4 is 0 Å². The molecule has 28 heavy (non-hydrogen) atoms. The Morgan fingerprint density at radius 1 is 1.18 bits per heavy atom. The van der Waals surface area contributed by atoms with Gasteiger partial charge in [-0.25, -0.2) is 0 Å². The van der Waals surface area contributed by atoms with Crippen LogP contribution in [0.1, 0.15) is 65.5 Å². The lowest BCUT2D eigenvalue weighted by atomic mass is 9.79. The fraction of sp³-hybridized carbons (Fsp3) is 0.591. The summed E-state index contributed by atoms with van der Waals surface area (Å²) in [5.74, 6) is 0.692. The highest BCUT2D eigenvalue weighted by atomic mass is 32.1. The van der Waals surface area contributed by atoms with Crippen molar-refractivity contribution in [3.63, 3.8) is 0 Å². The molecular formula is C22H30N4OS. The molecular weight excluding hydrogens is 368 g/mol. The number of aryl methyl sites for hydroxylation is 1. The van der Waals surface area contributed by atoms with E-state index in [1.807, 2.05) is 11.8 Å². The van der Waals surface area contributed by atoms with E-state index in [1.54, 1.807) is 0 Å². The molecule has 0 N–H and O–H groups in total. The molecule has 0 radical (unpaired) electrons. The summed E-state index contributed by atoms with van der Waals surface area (Å²) in [5.41, 5.74) is 3.79. The second kappa shape index (κ2) is 7.91. The molecule has 2 aromatic rings. The van der Waals surface area contributed by atoms with Crippen molar-refractivity contribution in [1.82, 2.24) is 19.4 Å². The van der Waals surface area contributed by atoms with Crippen LogP contribution in [0.5, 0.6) is 0 Å². The Balaban J connectivity index is 1.39. The number of carbonyl (C=O) groups is 1. The van der Waals surface area contributed by atoms with Crippen LogP contribution in [0.2, 0.25) is 0 Å². The summed E-state index contributed by atoms with van der Waals surface area (Å²) < 4.78 is 3.93. The summed E-state index contributed by atoms with van der Waals surface area (Å²) in [7, 11) is 0. The van der Waals surface area contributed by atoms with Crippen molar-refractivity contribution in [1.29, 1.82) is 0 Å². The van der Waals surface area contributed by atoms with Crippen LogP contribution in [0.25, 0.3) is 0 Å². The minimum atomic E-state index is 0.116. The summed E-state index contributed by atoms with van der Waals surface area (Å²) >= 11 is 1.22. The smallest absolute Gasteiger partial charge is 0.267 e. The third-order valence-corrected chi connectivity index (χ3v) is 7.18. The van der Waals surface area contributed by atoms with E-state index in [0.29, 0.717) is 10.8 Å². The number of likely N-dealkylation sites (tertiary alicyclic amines) is 2. The van der Waals surface area contributed by atoms with Crippen LogP contribution in [0.15, 0.2) is 24.3 Å². The molecule has 1 aromatic heterocycles. The van der Waals surface area contributed by atoms with Crippen molar-refractivity contribution in [3.8, 4) is 0 Å². The molecule has 1 aromatic carbocycles. The molecule has 4 rings (SSSR count). The number of carbonyl (C=O) groups excluding carboxylic acids is 1. The van der Waals surface area contributed by atoms with Crippen molar-refractivity contribution >= 4 is 17.4 Å². The molecule has 0 saturated carbocycles. The lowest BCUT2D eigenvalue weighted by molar-refractivity contribution is 0.0678. The van der Waals surface area contributed by atoms with Crippen molar-refractivity contribution < 1.29 is 4.79 Å². The van der Waals surface area contributed by atoms with Gasteiger partial charge in [0, 0.05) is 31.6 Å². The predicted molar refractivity (Wildman–Crippen MR) is 113 cm³/mol. The normalized spacial score (nSPS) is 23.1. The SMILES string of the molecule is Cc1nnsc1C(=O)N1CCC2(CCCN(Cc3ccc(C(C)C)cc3)C2)C1. The lowest BCUT2D eigenvalue weighted by Gasteiger charge is -2.40. The first-order valence-electron chi connectivity index (χ1n) is 10.4. The van der Waals surface area contributed by atoms with Gasteiger partial charge in [-0.3, -0.25) is 9.69 Å². The number of benzene rings is 1. The number of amides is 1. The van der Waals surface area contributed by atoms with Gasteiger partial charge in [0.15, 0.2) is 0 Å². The van der Waals surface area contributed by atoms with Crippen molar-refractivity contribution in [3.05, 3.63) is 46.0 Å². The van der Waals surface area contributed by atoms with Crippen LogP contribution in [0, 0.1) is 12.3 Å². The number of hydrogen-bond acceptors (Lipinski definition) is 5. The van der Waals surface area contributed by atoms with Crippen LogP contribution in [0.3, 0.4) is 0 Å². The maximum Gasteiger partial charge on any atom is 0.267 e. The van der Waals surface area contributed by atoms with E-state index in [-0.39, 0.29) is 11.3 Å². The van der Waals surface area contributed by atoms with Gasteiger partial charge in [0.25, 0.3) is 5.91 Å². The number of aromatic nitrogens is 2. The van der Waals surface area contributed by atoms with Crippen molar-refractivity contribution in [2.45, 2.75) is 52.5 Å². The largest absolute Gasteiger partial charge is 0.337 e. The van der Waals surface area contributed by atoms with Gasteiger partial charge < -0.3 is 4.90 Å². The fourth-order valence-corrected chi connectivity index (χ4v) is 5.35. The molecule has 150 valence electrons. The first-order valence-corrected chi connectivity index (χ1v) is 11.1. The first kappa shape index (κ1) is 19.5. The van der Waals surface area contributed by atoms with Gasteiger partial charge in [0.05, 0.1) is 5.69 Å². The van der Waals surface area contributed by atoms with Gasteiger partial charge in [-0.2, -0.15) is 0 Å². The topological polar surface area (TPSA) is 49.3 Å². The van der Waals surface area contributed by atoms with Gasteiger partial charge in [0.1, 0.15) is 4.88 Å². The monoisotopic (exact) mass is 398 g/mol. The molecule has 2 aliphatic rings. The Morgan fingerprint density at radius 3 is 2.64 bits per heavy atom. The van der Waals surface area contributed by atoms with E-state index in [9.17, 15) is 4.79 Å². The zero-order chi connectivity index (χ0) is 19.7. The van der Waals surface area contributed by atoms with E-state index in [1.165, 1.54) is 35.5 Å². The van der Waals surface area contributed by atoms with Gasteiger partial charge in [-0.05, 0) is 61.3 Å². The Morgan fingerprint density at radius 2 is 1.96 bits per heavy atom. The zero-order valence-corrected chi connectivity index (χ0v) is 18.0. The lowest BCUT2D eigenvalue weighted by Crippen LogP contribution is -2.45. The number of rotatable bonds is 4. The maximum absolute atomic E-state index is 12.9. The van der Waals surface area contributed by atoms with E-state index < -0.39 is 0 Å². The van der Waals surface area contributed by atoms with Crippen LogP contribution in [-0.2, 0) is 6.54 Å². The fourth-order valence-electron chi connectivity index (χ4n) is 4.72. The molecule has 2 saturated heterocycles. The second-order valence-electron chi connectivity index (χ2n) is 8.87. The average Bonchev–Trinajstić information content (AvgIpc) is 3.28. The van der Waals surface area contributed by atoms with E-state index >= 15 is 0 Å². The predicted octanol–water partition coefficient (Wildman–Crippen LogP) is 4.10. The minimum Gasteiger partial charge on any atom is -0.337 e. The molecule has 0 bridgehead atoms. The Hall–Kier alpha value is -1.79. The van der Waals surface area contributed by atoms with E-state index in [2.05, 4.69) is 52.6 Å². The summed E-state index contributed by atoms with van der Waals surface area (Å²) in [6.45, 7) is 11.3. The van der Waals surface area contributed by atoms with Crippen LogP contribution >= 0.6 is 11.5 Å². The molecule has 6 heteroatoms. The number of hydrogen-bond donors (Lipinski definition) is 0. The summed E-state index contributed by atoms with van der Waals surface area (Å²) in [6, 6.07) is 9.09. The Kier molecular flexibility index (Phi) is 5.52. The van der Waals surface area contributed by atoms with E-state index in [4.69, 9.17) is 0 Å². The minimum absolute atomic E-state index is 0.116. The van der Waals surface area contributed by atoms with Gasteiger partial charge in [-0.1, -0.05) is 42.6 Å². The molecule has 3 heterocycles. The van der Waals surface area contributed by atoms with Crippen molar-refractivity contribution in [2.24, 2.45) is 5.41 Å². The molecule has 1 spiro atoms. The Bertz CT molecular complexity index is 831. The van der Waals surface area contributed by atoms with Crippen molar-refractivity contribution in [2.75, 3.05) is 26.2 Å². The third kappa shape index (κ3) is 3.98. The first-order chi connectivity index (χ1) is 13.5. The van der Waals surface area contributed by atoms with Crippen LogP contribution in [0.4, 0.5) is 0 Å². The third-order valence-electron chi connectivity index (χ3n) is 6.36. The highest BCUT2D eigenvalue weighted by Gasteiger charge is 2.43. The maximum atomic E-state index is 12.9. The van der Waals surface area contributed by atoms with Crippen LogP contribution in [-0.4, -0.2) is 51.5 Å². The van der Waals surface area contributed by atoms with E-state index in [0.717, 1.165) is 44.8 Å². The molecule has 5 nitrogen and oxygen atoms in total. The summed E-state index contributed by atoms with van der Waals surface area (Å²) in [4.78, 5) is 18.2. The number of nitrogens with zero attached hydrogens (tertiary/aromatic N) is 4. The number of piperidine rings is 1. The highest BCUT2D eigenvalue weighted by molar-refractivity contribution is 7.07. The summed E-state index contributed by atoms with van der Waals surface area (Å²) in [5, 5.41) is 4.00. The molecule has 2 fully saturated rings. The average molecular weight is 399 g/mol. The quantitative estimate of drug-likeness (QED) is 0.778. The molecule has 1 atom stereocenters.